The predicted octanol–water partition coefficient (Wildman–Crippen LogP) is -0.243. The van der Waals surface area contributed by atoms with Gasteiger partial charge in [0.1, 0.15) is 18.2 Å². The lowest BCUT2D eigenvalue weighted by Gasteiger charge is -2.19. The molecule has 0 unspecified atom stereocenters. The molecule has 0 aromatic rings. The lowest BCUT2D eigenvalue weighted by Crippen LogP contribution is -2.36. The maximum Gasteiger partial charge on any atom is 0.332 e. The summed E-state index contributed by atoms with van der Waals surface area (Å²) in [6.45, 7) is 4.68. The fourth-order valence-corrected chi connectivity index (χ4v) is 0.711. The van der Waals surface area contributed by atoms with Gasteiger partial charge in [-0.15, -0.1) is 0 Å². The number of nitrogens with two attached hydrogens (primary N) is 1. The third-order valence-corrected chi connectivity index (χ3v) is 1.25. The van der Waals surface area contributed by atoms with Gasteiger partial charge in [-0.25, -0.2) is 4.79 Å². The average Bonchev–Trinajstić information content (AvgIpc) is 2.00. The van der Waals surface area contributed by atoms with Gasteiger partial charge >= 0.3 is 11.9 Å². The number of carboxylic acid groups (broad SMARTS) is 1. The van der Waals surface area contributed by atoms with Crippen LogP contribution in [0.25, 0.3) is 0 Å². The van der Waals surface area contributed by atoms with E-state index in [9.17, 15) is 9.59 Å². The summed E-state index contributed by atoms with van der Waals surface area (Å²) in [7, 11) is 0. The first-order valence-electron chi connectivity index (χ1n) is 4.50. The first kappa shape index (κ1) is 13.9. The standard InChI is InChI=1S/C9H17NO5/c1-9(2,3)15-7(11)5-14-4-6(10)8(12)13/h6H,4-5,10H2,1-3H3,(H,12,13)/t6-/m0/s1. The van der Waals surface area contributed by atoms with Crippen LogP contribution in [0.2, 0.25) is 0 Å². The van der Waals surface area contributed by atoms with E-state index < -0.39 is 23.6 Å². The van der Waals surface area contributed by atoms with Gasteiger partial charge < -0.3 is 20.3 Å². The van der Waals surface area contributed by atoms with Crippen LogP contribution >= 0.6 is 0 Å². The summed E-state index contributed by atoms with van der Waals surface area (Å²) >= 11 is 0. The lowest BCUT2D eigenvalue weighted by atomic mass is 10.2. The monoisotopic (exact) mass is 219 g/mol. The zero-order valence-corrected chi connectivity index (χ0v) is 9.15. The molecular formula is C9H17NO5. The Bertz CT molecular complexity index is 233. The summed E-state index contributed by atoms with van der Waals surface area (Å²) < 4.78 is 9.71. The van der Waals surface area contributed by atoms with Crippen LogP contribution in [-0.4, -0.2) is 41.9 Å². The Morgan fingerprint density at radius 1 is 1.40 bits per heavy atom. The summed E-state index contributed by atoms with van der Waals surface area (Å²) in [6.07, 6.45) is 0. The van der Waals surface area contributed by atoms with Crippen LogP contribution < -0.4 is 5.73 Å². The molecule has 6 nitrogen and oxygen atoms in total. The molecule has 0 saturated heterocycles. The van der Waals surface area contributed by atoms with Crippen molar-refractivity contribution in [3.63, 3.8) is 0 Å². The number of aliphatic carboxylic acids is 1. The van der Waals surface area contributed by atoms with E-state index in [1.165, 1.54) is 0 Å². The molecule has 3 N–H and O–H groups in total. The van der Waals surface area contributed by atoms with Gasteiger partial charge in [-0.05, 0) is 20.8 Å². The van der Waals surface area contributed by atoms with E-state index in [-0.39, 0.29) is 13.2 Å². The van der Waals surface area contributed by atoms with Crippen LogP contribution in [-0.2, 0) is 19.1 Å². The van der Waals surface area contributed by atoms with Gasteiger partial charge in [-0.1, -0.05) is 0 Å². The van der Waals surface area contributed by atoms with E-state index in [1.807, 2.05) is 0 Å². The van der Waals surface area contributed by atoms with Gasteiger partial charge in [0.05, 0.1) is 6.61 Å². The van der Waals surface area contributed by atoms with Gasteiger partial charge in [0.15, 0.2) is 0 Å². The average molecular weight is 219 g/mol. The van der Waals surface area contributed by atoms with Gasteiger partial charge in [-0.3, -0.25) is 4.79 Å². The van der Waals surface area contributed by atoms with Gasteiger partial charge in [0.25, 0.3) is 0 Å². The van der Waals surface area contributed by atoms with E-state index in [2.05, 4.69) is 0 Å². The molecule has 0 fully saturated rings. The Kier molecular flexibility index (Phi) is 5.24. The van der Waals surface area contributed by atoms with Crippen LogP contribution in [0.4, 0.5) is 0 Å². The molecule has 0 aromatic heterocycles. The third kappa shape index (κ3) is 7.90. The second-order valence-corrected chi connectivity index (χ2v) is 4.05. The van der Waals surface area contributed by atoms with Crippen molar-refractivity contribution in [2.24, 2.45) is 5.73 Å². The Labute approximate surface area is 88.3 Å². The molecule has 0 aliphatic heterocycles. The Balaban J connectivity index is 3.69. The maximum absolute atomic E-state index is 11.1. The first-order chi connectivity index (χ1) is 6.72. The number of esters is 1. The minimum Gasteiger partial charge on any atom is -0.480 e. The van der Waals surface area contributed by atoms with Crippen LogP contribution in [0.3, 0.4) is 0 Å². The summed E-state index contributed by atoms with van der Waals surface area (Å²) in [5, 5.41) is 8.41. The summed E-state index contributed by atoms with van der Waals surface area (Å²) in [6, 6.07) is -1.12. The van der Waals surface area contributed by atoms with Crippen molar-refractivity contribution in [2.45, 2.75) is 32.4 Å². The lowest BCUT2D eigenvalue weighted by molar-refractivity contribution is -0.161. The Morgan fingerprint density at radius 3 is 2.33 bits per heavy atom. The highest BCUT2D eigenvalue weighted by atomic mass is 16.6. The second-order valence-electron chi connectivity index (χ2n) is 4.05. The fraction of sp³-hybridized carbons (Fsp3) is 0.778. The maximum atomic E-state index is 11.1. The molecule has 1 atom stereocenters. The number of hydrogen-bond acceptors (Lipinski definition) is 5. The first-order valence-corrected chi connectivity index (χ1v) is 4.50. The predicted molar refractivity (Wildman–Crippen MR) is 52.3 cm³/mol. The van der Waals surface area contributed by atoms with Crippen molar-refractivity contribution in [3.8, 4) is 0 Å². The van der Waals surface area contributed by atoms with E-state index in [0.29, 0.717) is 0 Å². The summed E-state index contributed by atoms with van der Waals surface area (Å²) in [4.78, 5) is 21.4. The SMILES string of the molecule is CC(C)(C)OC(=O)COC[C@H](N)C(=O)O. The molecule has 0 rings (SSSR count). The van der Waals surface area contributed by atoms with Gasteiger partial charge in [-0.2, -0.15) is 0 Å². The van der Waals surface area contributed by atoms with E-state index in [4.69, 9.17) is 20.3 Å². The molecule has 15 heavy (non-hydrogen) atoms. The highest BCUT2D eigenvalue weighted by Gasteiger charge is 2.17. The molecule has 0 aliphatic rings. The van der Waals surface area contributed by atoms with Crippen molar-refractivity contribution in [3.05, 3.63) is 0 Å². The van der Waals surface area contributed by atoms with Crippen molar-refractivity contribution in [1.82, 2.24) is 0 Å². The highest BCUT2D eigenvalue weighted by molar-refractivity contribution is 5.73. The van der Waals surface area contributed by atoms with Crippen LogP contribution in [0.5, 0.6) is 0 Å². The van der Waals surface area contributed by atoms with Crippen molar-refractivity contribution < 1.29 is 24.2 Å². The largest absolute Gasteiger partial charge is 0.480 e. The second kappa shape index (κ2) is 5.67. The van der Waals surface area contributed by atoms with Crippen molar-refractivity contribution in [2.75, 3.05) is 13.2 Å². The number of hydrogen-bond donors (Lipinski definition) is 2. The molecule has 0 radical (unpaired) electrons. The van der Waals surface area contributed by atoms with Crippen LogP contribution in [0.15, 0.2) is 0 Å². The van der Waals surface area contributed by atoms with Crippen LogP contribution in [0.1, 0.15) is 20.8 Å². The number of ether oxygens (including phenoxy) is 2. The van der Waals surface area contributed by atoms with E-state index in [1.54, 1.807) is 20.8 Å². The molecule has 0 heterocycles. The molecule has 0 saturated carbocycles. The zero-order valence-electron chi connectivity index (χ0n) is 9.15. The fourth-order valence-electron chi connectivity index (χ4n) is 0.711. The Hall–Kier alpha value is -1.14. The molecule has 0 aromatic carbocycles. The molecular weight excluding hydrogens is 202 g/mol. The minimum atomic E-state index is -1.17. The Morgan fingerprint density at radius 2 is 1.93 bits per heavy atom. The molecule has 0 aliphatic carbocycles. The number of carbonyl (C=O) groups excluding carboxylic acids is 1. The van der Waals surface area contributed by atoms with E-state index >= 15 is 0 Å². The molecule has 88 valence electrons. The third-order valence-electron chi connectivity index (χ3n) is 1.25. The molecule has 0 spiro atoms. The normalized spacial score (nSPS) is 13.3. The van der Waals surface area contributed by atoms with Crippen LogP contribution in [0, 0.1) is 0 Å². The van der Waals surface area contributed by atoms with Gasteiger partial charge in [0.2, 0.25) is 0 Å². The zero-order chi connectivity index (χ0) is 12.1. The van der Waals surface area contributed by atoms with Crippen molar-refractivity contribution >= 4 is 11.9 Å². The molecule has 0 bridgehead atoms. The minimum absolute atomic E-state index is 0.214. The summed E-state index contributed by atoms with van der Waals surface area (Å²) in [5.74, 6) is -1.71. The quantitative estimate of drug-likeness (QED) is 0.619. The van der Waals surface area contributed by atoms with Gasteiger partial charge in [0, 0.05) is 0 Å². The number of carboxylic acids is 1. The highest BCUT2D eigenvalue weighted by Crippen LogP contribution is 2.06. The number of carbonyl (C=O) groups is 2. The van der Waals surface area contributed by atoms with Crippen molar-refractivity contribution in [1.29, 1.82) is 0 Å². The molecule has 6 heteroatoms. The van der Waals surface area contributed by atoms with E-state index in [0.717, 1.165) is 0 Å². The number of rotatable bonds is 5. The molecule has 0 amide bonds. The smallest absolute Gasteiger partial charge is 0.332 e. The topological polar surface area (TPSA) is 98.9 Å². The summed E-state index contributed by atoms with van der Waals surface area (Å²) in [5.41, 5.74) is 4.58.